The van der Waals surface area contributed by atoms with Gasteiger partial charge in [0.2, 0.25) is 0 Å². The smallest absolute Gasteiger partial charge is 0.340 e. The lowest BCUT2D eigenvalue weighted by Gasteiger charge is -2.09. The van der Waals surface area contributed by atoms with Crippen molar-refractivity contribution in [3.63, 3.8) is 0 Å². The minimum Gasteiger partial charge on any atom is -0.462 e. The summed E-state index contributed by atoms with van der Waals surface area (Å²) in [6, 6.07) is 19.0. The van der Waals surface area contributed by atoms with Gasteiger partial charge in [-0.2, -0.15) is 0 Å². The van der Waals surface area contributed by atoms with Crippen LogP contribution in [0.3, 0.4) is 0 Å². The van der Waals surface area contributed by atoms with Crippen LogP contribution in [-0.4, -0.2) is 23.5 Å². The van der Waals surface area contributed by atoms with Gasteiger partial charge >= 0.3 is 5.97 Å². The molecule has 5 nitrogen and oxygen atoms in total. The molecular weight excluding hydrogens is 374 g/mol. The summed E-state index contributed by atoms with van der Waals surface area (Å²) in [6.45, 7) is 4.60. The van der Waals surface area contributed by atoms with Crippen LogP contribution in [0.4, 0.5) is 0 Å². The molecule has 0 aliphatic rings. The van der Waals surface area contributed by atoms with Crippen molar-refractivity contribution in [1.82, 2.24) is 9.88 Å². The van der Waals surface area contributed by atoms with Crippen molar-refractivity contribution in [3.8, 4) is 11.1 Å². The monoisotopic (exact) mass is 399 g/mol. The normalized spacial score (nSPS) is 11.0. The molecule has 0 aliphatic carbocycles. The average molecular weight is 399 g/mol. The molecule has 152 valence electrons. The van der Waals surface area contributed by atoms with Gasteiger partial charge in [0, 0.05) is 18.0 Å². The first-order valence-corrected chi connectivity index (χ1v) is 10.1. The van der Waals surface area contributed by atoms with E-state index in [1.54, 1.807) is 6.92 Å². The Hall–Kier alpha value is -3.60. The molecule has 0 bridgehead atoms. The number of esters is 1. The van der Waals surface area contributed by atoms with Gasteiger partial charge in [-0.3, -0.25) is 5.41 Å². The van der Waals surface area contributed by atoms with Crippen LogP contribution in [0.25, 0.3) is 32.8 Å². The quantitative estimate of drug-likeness (QED) is 0.267. The Morgan fingerprint density at radius 3 is 2.70 bits per heavy atom. The van der Waals surface area contributed by atoms with Gasteiger partial charge in [-0.1, -0.05) is 54.1 Å². The maximum Gasteiger partial charge on any atom is 0.340 e. The van der Waals surface area contributed by atoms with Crippen LogP contribution in [0.1, 0.15) is 28.5 Å². The summed E-state index contributed by atoms with van der Waals surface area (Å²) in [4.78, 5) is 12.7. The van der Waals surface area contributed by atoms with E-state index >= 15 is 0 Å². The molecule has 0 radical (unpaired) electrons. The third-order valence-corrected chi connectivity index (χ3v) is 5.52. The second kappa shape index (κ2) is 8.03. The molecular formula is C25H25N3O2. The third kappa shape index (κ3) is 3.32. The minimum absolute atomic E-state index is 0.320. The molecule has 0 fully saturated rings. The van der Waals surface area contributed by atoms with Crippen molar-refractivity contribution in [2.45, 2.75) is 20.4 Å². The Balaban J connectivity index is 1.92. The van der Waals surface area contributed by atoms with E-state index in [1.807, 2.05) is 17.7 Å². The van der Waals surface area contributed by atoms with Gasteiger partial charge in [0.25, 0.3) is 0 Å². The van der Waals surface area contributed by atoms with E-state index in [0.717, 1.165) is 34.1 Å². The molecule has 0 atom stereocenters. The highest BCUT2D eigenvalue weighted by Gasteiger charge is 2.22. The summed E-state index contributed by atoms with van der Waals surface area (Å²) in [7, 11) is 1.95. The molecule has 0 spiro atoms. The average Bonchev–Trinajstić information content (AvgIpc) is 3.03. The lowest BCUT2D eigenvalue weighted by atomic mass is 9.96. The second-order valence-corrected chi connectivity index (χ2v) is 7.39. The molecule has 4 rings (SSSR count). The predicted molar refractivity (Wildman–Crippen MR) is 122 cm³/mol. The van der Waals surface area contributed by atoms with Crippen molar-refractivity contribution >= 4 is 34.0 Å². The number of aromatic nitrogens is 1. The Bertz CT molecular complexity index is 1270. The molecule has 1 heterocycles. The number of ether oxygens (including phenoxy) is 1. The summed E-state index contributed by atoms with van der Waals surface area (Å²) in [5, 5.41) is 13.5. The Morgan fingerprint density at radius 2 is 1.93 bits per heavy atom. The van der Waals surface area contributed by atoms with Crippen LogP contribution >= 0.6 is 0 Å². The Kier molecular flexibility index (Phi) is 5.27. The van der Waals surface area contributed by atoms with Gasteiger partial charge in [0.05, 0.1) is 30.7 Å². The van der Waals surface area contributed by atoms with Crippen LogP contribution in [0.5, 0.6) is 0 Å². The highest BCUT2D eigenvalue weighted by atomic mass is 16.5. The van der Waals surface area contributed by atoms with E-state index in [0.29, 0.717) is 18.7 Å². The first-order chi connectivity index (χ1) is 14.5. The summed E-state index contributed by atoms with van der Waals surface area (Å²) in [5.41, 5.74) is 5.81. The van der Waals surface area contributed by atoms with Crippen molar-refractivity contribution in [1.29, 1.82) is 5.41 Å². The molecule has 2 N–H and O–H groups in total. The summed E-state index contributed by atoms with van der Waals surface area (Å²) >= 11 is 0. The van der Waals surface area contributed by atoms with Crippen LogP contribution in [-0.2, 0) is 18.3 Å². The number of carbonyl (C=O) groups excluding carboxylic acids is 1. The van der Waals surface area contributed by atoms with Gasteiger partial charge in [-0.25, -0.2) is 4.79 Å². The topological polar surface area (TPSA) is 67.1 Å². The number of nitrogens with zero attached hydrogens (tertiary/aromatic N) is 1. The number of carbonyl (C=O) groups is 1. The molecule has 1 aromatic heterocycles. The standard InChI is InChI=1S/C25H25N3O2/c1-4-30-25(29)24-21-11-9-18(13-22(21)28(3)23(24)14-27-15-26)19-7-5-6-17-12-16(2)8-10-20(17)19/h5-13,15H,4,14H2,1-3H3,(H2,26,27). The SMILES string of the molecule is CCOC(=O)c1c(CNC=N)n(C)c2cc(-c3cccc4cc(C)ccc34)ccc12. The number of aryl methyl sites for hydroxylation is 2. The molecule has 4 aromatic rings. The molecule has 3 aromatic carbocycles. The van der Waals surface area contributed by atoms with Crippen LogP contribution in [0.2, 0.25) is 0 Å². The highest BCUT2D eigenvalue weighted by molar-refractivity contribution is 6.07. The molecule has 0 aliphatic heterocycles. The summed E-state index contributed by atoms with van der Waals surface area (Å²) in [6.07, 6.45) is 1.14. The number of fused-ring (bicyclic) bond motifs is 2. The maximum absolute atomic E-state index is 12.7. The lowest BCUT2D eigenvalue weighted by Crippen LogP contribution is -2.16. The zero-order valence-electron chi connectivity index (χ0n) is 17.5. The fraction of sp³-hybridized carbons (Fsp3) is 0.200. The van der Waals surface area contributed by atoms with Crippen molar-refractivity contribution in [2.75, 3.05) is 6.61 Å². The van der Waals surface area contributed by atoms with Gasteiger partial charge < -0.3 is 14.6 Å². The fourth-order valence-corrected chi connectivity index (χ4v) is 4.10. The Morgan fingerprint density at radius 1 is 1.13 bits per heavy atom. The van der Waals surface area contributed by atoms with E-state index in [-0.39, 0.29) is 5.97 Å². The fourth-order valence-electron chi connectivity index (χ4n) is 4.10. The maximum atomic E-state index is 12.7. The Labute approximate surface area is 175 Å². The largest absolute Gasteiger partial charge is 0.462 e. The number of benzene rings is 3. The molecule has 5 heteroatoms. The molecule has 0 unspecified atom stereocenters. The van der Waals surface area contributed by atoms with Crippen molar-refractivity contribution in [3.05, 3.63) is 71.4 Å². The number of hydrogen-bond donors (Lipinski definition) is 2. The van der Waals surface area contributed by atoms with E-state index in [9.17, 15) is 4.79 Å². The zero-order valence-corrected chi connectivity index (χ0v) is 17.5. The minimum atomic E-state index is -0.335. The van der Waals surface area contributed by atoms with E-state index < -0.39 is 0 Å². The van der Waals surface area contributed by atoms with E-state index in [2.05, 4.69) is 60.8 Å². The molecule has 30 heavy (non-hydrogen) atoms. The first kappa shape index (κ1) is 19.7. The summed E-state index contributed by atoms with van der Waals surface area (Å²) < 4.78 is 7.33. The summed E-state index contributed by atoms with van der Waals surface area (Å²) in [5.74, 6) is -0.335. The zero-order chi connectivity index (χ0) is 21.3. The van der Waals surface area contributed by atoms with Crippen molar-refractivity contribution < 1.29 is 9.53 Å². The third-order valence-electron chi connectivity index (χ3n) is 5.52. The van der Waals surface area contributed by atoms with Crippen molar-refractivity contribution in [2.24, 2.45) is 7.05 Å². The highest BCUT2D eigenvalue weighted by Crippen LogP contribution is 2.34. The lowest BCUT2D eigenvalue weighted by molar-refractivity contribution is 0.0527. The molecule has 0 amide bonds. The molecule has 0 saturated carbocycles. The molecule has 0 saturated heterocycles. The van der Waals surface area contributed by atoms with Gasteiger partial charge in [-0.05, 0) is 41.8 Å². The van der Waals surface area contributed by atoms with Crippen LogP contribution in [0.15, 0.2) is 54.6 Å². The van der Waals surface area contributed by atoms with Crippen LogP contribution in [0, 0.1) is 12.3 Å². The number of nitrogens with one attached hydrogen (secondary N) is 2. The number of rotatable bonds is 6. The van der Waals surface area contributed by atoms with Gasteiger partial charge in [0.1, 0.15) is 0 Å². The van der Waals surface area contributed by atoms with E-state index in [1.165, 1.54) is 16.3 Å². The van der Waals surface area contributed by atoms with Gasteiger partial charge in [-0.15, -0.1) is 0 Å². The van der Waals surface area contributed by atoms with E-state index in [4.69, 9.17) is 10.1 Å². The number of hydrogen-bond acceptors (Lipinski definition) is 3. The predicted octanol–water partition coefficient (Wildman–Crippen LogP) is 5.18. The van der Waals surface area contributed by atoms with Crippen LogP contribution < -0.4 is 5.32 Å². The van der Waals surface area contributed by atoms with Gasteiger partial charge in [0.15, 0.2) is 0 Å². The second-order valence-electron chi connectivity index (χ2n) is 7.39. The first-order valence-electron chi connectivity index (χ1n) is 10.1.